The fourth-order valence-corrected chi connectivity index (χ4v) is 5.60. The summed E-state index contributed by atoms with van der Waals surface area (Å²) in [7, 11) is 0. The first-order valence-corrected chi connectivity index (χ1v) is 8.18. The summed E-state index contributed by atoms with van der Waals surface area (Å²) in [6.07, 6.45) is 5.75. The smallest absolute Gasteiger partial charge is 0.251 e. The minimum Gasteiger partial charge on any atom is -0.369 e. The number of carbonyl (C=O) groups is 2. The van der Waals surface area contributed by atoms with Gasteiger partial charge in [-0.05, 0) is 62.5 Å². The predicted molar refractivity (Wildman–Crippen MR) is 82.9 cm³/mol. The van der Waals surface area contributed by atoms with Crippen LogP contribution in [-0.4, -0.2) is 17.4 Å². The number of nitrogens with two attached hydrogens (primary N) is 1. The van der Waals surface area contributed by atoms with Crippen LogP contribution in [0, 0.1) is 17.3 Å². The van der Waals surface area contributed by atoms with Gasteiger partial charge in [0.05, 0.1) is 5.41 Å². The van der Waals surface area contributed by atoms with Crippen LogP contribution in [0.4, 0.5) is 0 Å². The lowest BCUT2D eigenvalue weighted by Crippen LogP contribution is -2.65. The van der Waals surface area contributed by atoms with E-state index in [9.17, 15) is 9.59 Å². The summed E-state index contributed by atoms with van der Waals surface area (Å²) in [5.74, 6) is 0.872. The molecular weight excluding hydrogens is 276 g/mol. The van der Waals surface area contributed by atoms with Gasteiger partial charge >= 0.3 is 0 Å². The zero-order valence-electron chi connectivity index (χ0n) is 12.7. The van der Waals surface area contributed by atoms with Crippen molar-refractivity contribution in [3.8, 4) is 0 Å². The molecular formula is C18H22N2O2. The number of primary amides is 1. The van der Waals surface area contributed by atoms with Gasteiger partial charge in [0, 0.05) is 11.1 Å². The van der Waals surface area contributed by atoms with E-state index in [2.05, 4.69) is 5.32 Å². The van der Waals surface area contributed by atoms with Crippen LogP contribution in [0.3, 0.4) is 0 Å². The van der Waals surface area contributed by atoms with Crippen LogP contribution in [0.25, 0.3) is 0 Å². The molecule has 1 aromatic rings. The molecule has 0 spiro atoms. The van der Waals surface area contributed by atoms with Crippen molar-refractivity contribution in [2.45, 2.75) is 44.1 Å². The first-order chi connectivity index (χ1) is 10.5. The summed E-state index contributed by atoms with van der Waals surface area (Å²) in [5, 5.41) is 3.27. The Morgan fingerprint density at radius 1 is 1.05 bits per heavy atom. The lowest BCUT2D eigenvalue weighted by Gasteiger charge is -2.61. The van der Waals surface area contributed by atoms with Gasteiger partial charge in [0.15, 0.2) is 0 Å². The normalized spacial score (nSPS) is 38.7. The molecule has 4 nitrogen and oxygen atoms in total. The van der Waals surface area contributed by atoms with Crippen molar-refractivity contribution in [2.24, 2.45) is 23.0 Å². The average Bonchev–Trinajstić information content (AvgIpc) is 2.46. The molecule has 0 heterocycles. The molecule has 2 amide bonds. The van der Waals surface area contributed by atoms with Crippen LogP contribution in [0.2, 0.25) is 0 Å². The Labute approximate surface area is 130 Å². The SMILES string of the molecule is NC(=O)C12CC3CC(CC(NC(=O)c4ccccc4)(C3)C1)C2. The van der Waals surface area contributed by atoms with Crippen LogP contribution >= 0.6 is 0 Å². The average molecular weight is 298 g/mol. The molecule has 2 unspecified atom stereocenters. The third kappa shape index (κ3) is 2.04. The van der Waals surface area contributed by atoms with E-state index in [1.54, 1.807) is 0 Å². The van der Waals surface area contributed by atoms with Gasteiger partial charge in [-0.1, -0.05) is 18.2 Å². The van der Waals surface area contributed by atoms with E-state index >= 15 is 0 Å². The lowest BCUT2D eigenvalue weighted by molar-refractivity contribution is -0.146. The zero-order valence-corrected chi connectivity index (χ0v) is 12.7. The summed E-state index contributed by atoms with van der Waals surface area (Å²) in [6, 6.07) is 9.32. The Bertz CT molecular complexity index is 611. The van der Waals surface area contributed by atoms with Crippen molar-refractivity contribution >= 4 is 11.8 Å². The molecule has 22 heavy (non-hydrogen) atoms. The van der Waals surface area contributed by atoms with E-state index in [-0.39, 0.29) is 22.8 Å². The van der Waals surface area contributed by atoms with Gasteiger partial charge in [-0.3, -0.25) is 9.59 Å². The molecule has 4 aliphatic rings. The van der Waals surface area contributed by atoms with E-state index in [1.807, 2.05) is 30.3 Å². The zero-order chi connectivity index (χ0) is 15.4. The van der Waals surface area contributed by atoms with Gasteiger partial charge in [0.1, 0.15) is 0 Å². The van der Waals surface area contributed by atoms with Crippen LogP contribution in [0.5, 0.6) is 0 Å². The van der Waals surface area contributed by atoms with E-state index in [0.29, 0.717) is 17.4 Å². The molecule has 0 radical (unpaired) electrons. The lowest BCUT2D eigenvalue weighted by atomic mass is 9.46. The maximum atomic E-state index is 12.6. The number of nitrogens with one attached hydrogen (secondary N) is 1. The summed E-state index contributed by atoms with van der Waals surface area (Å²) < 4.78 is 0. The van der Waals surface area contributed by atoms with Crippen molar-refractivity contribution < 1.29 is 9.59 Å². The fraction of sp³-hybridized carbons (Fsp3) is 0.556. The molecule has 4 aliphatic carbocycles. The molecule has 4 bridgehead atoms. The molecule has 0 aliphatic heterocycles. The van der Waals surface area contributed by atoms with Crippen LogP contribution < -0.4 is 11.1 Å². The molecule has 116 valence electrons. The van der Waals surface area contributed by atoms with E-state index in [4.69, 9.17) is 5.73 Å². The number of hydrogen-bond acceptors (Lipinski definition) is 2. The molecule has 4 saturated carbocycles. The quantitative estimate of drug-likeness (QED) is 0.898. The maximum Gasteiger partial charge on any atom is 0.251 e. The highest BCUT2D eigenvalue weighted by molar-refractivity contribution is 5.94. The number of hydrogen-bond donors (Lipinski definition) is 2. The third-order valence-corrected chi connectivity index (χ3v) is 6.00. The van der Waals surface area contributed by atoms with E-state index < -0.39 is 0 Å². The van der Waals surface area contributed by atoms with Crippen molar-refractivity contribution in [1.82, 2.24) is 5.32 Å². The van der Waals surface area contributed by atoms with Gasteiger partial charge in [0.25, 0.3) is 5.91 Å². The van der Waals surface area contributed by atoms with Gasteiger partial charge in [0.2, 0.25) is 5.91 Å². The minimum absolute atomic E-state index is 0.0258. The van der Waals surface area contributed by atoms with Crippen LogP contribution in [0.1, 0.15) is 48.9 Å². The molecule has 0 saturated heterocycles. The first-order valence-electron chi connectivity index (χ1n) is 8.18. The second-order valence-corrected chi connectivity index (χ2v) is 7.71. The van der Waals surface area contributed by atoms with Crippen molar-refractivity contribution in [3.63, 3.8) is 0 Å². The summed E-state index contributed by atoms with van der Waals surface area (Å²) in [4.78, 5) is 24.6. The van der Waals surface area contributed by atoms with E-state index in [1.165, 1.54) is 6.42 Å². The monoisotopic (exact) mass is 298 g/mol. The Morgan fingerprint density at radius 3 is 2.27 bits per heavy atom. The standard InChI is InChI=1S/C18H22N2O2/c19-16(22)17-7-12-6-13(8-17)10-18(9-12,11-17)20-15(21)14-4-2-1-3-5-14/h1-5,12-13H,6-11H2,(H2,19,22)(H,20,21). The Balaban J connectivity index is 1.61. The Kier molecular flexibility index (Phi) is 2.87. The van der Waals surface area contributed by atoms with Gasteiger partial charge in [-0.2, -0.15) is 0 Å². The Morgan fingerprint density at radius 2 is 1.68 bits per heavy atom. The topological polar surface area (TPSA) is 72.2 Å². The van der Waals surface area contributed by atoms with Crippen molar-refractivity contribution in [3.05, 3.63) is 35.9 Å². The molecule has 3 N–H and O–H groups in total. The maximum absolute atomic E-state index is 12.6. The summed E-state index contributed by atoms with van der Waals surface area (Å²) in [5.41, 5.74) is 5.82. The number of benzene rings is 1. The summed E-state index contributed by atoms with van der Waals surface area (Å²) >= 11 is 0. The second-order valence-electron chi connectivity index (χ2n) is 7.71. The first kappa shape index (κ1) is 13.8. The van der Waals surface area contributed by atoms with Crippen molar-refractivity contribution in [2.75, 3.05) is 0 Å². The molecule has 1 aromatic carbocycles. The number of rotatable bonds is 3. The molecule has 5 rings (SSSR count). The summed E-state index contributed by atoms with van der Waals surface area (Å²) in [6.45, 7) is 0. The largest absolute Gasteiger partial charge is 0.369 e. The third-order valence-electron chi connectivity index (χ3n) is 6.00. The predicted octanol–water partition coefficient (Wildman–Crippen LogP) is 2.24. The number of carbonyl (C=O) groups excluding carboxylic acids is 2. The van der Waals surface area contributed by atoms with Gasteiger partial charge in [-0.25, -0.2) is 0 Å². The molecule has 4 fully saturated rings. The minimum atomic E-state index is -0.381. The Hall–Kier alpha value is -1.84. The highest BCUT2D eigenvalue weighted by Crippen LogP contribution is 2.61. The van der Waals surface area contributed by atoms with Crippen LogP contribution in [0.15, 0.2) is 30.3 Å². The highest BCUT2D eigenvalue weighted by atomic mass is 16.2. The molecule has 0 aromatic heterocycles. The fourth-order valence-electron chi connectivity index (χ4n) is 5.60. The second kappa shape index (κ2) is 4.58. The highest BCUT2D eigenvalue weighted by Gasteiger charge is 2.60. The number of amides is 2. The van der Waals surface area contributed by atoms with Crippen LogP contribution in [-0.2, 0) is 4.79 Å². The molecule has 2 atom stereocenters. The van der Waals surface area contributed by atoms with Gasteiger partial charge < -0.3 is 11.1 Å². The van der Waals surface area contributed by atoms with E-state index in [0.717, 1.165) is 32.1 Å². The van der Waals surface area contributed by atoms with Crippen molar-refractivity contribution in [1.29, 1.82) is 0 Å². The van der Waals surface area contributed by atoms with Gasteiger partial charge in [-0.15, -0.1) is 0 Å². The molecule has 4 heteroatoms.